The van der Waals surface area contributed by atoms with E-state index in [9.17, 15) is 4.79 Å². The Morgan fingerprint density at radius 1 is 1.16 bits per heavy atom. The van der Waals surface area contributed by atoms with E-state index in [0.717, 1.165) is 11.1 Å². The lowest BCUT2D eigenvalue weighted by atomic mass is 9.97. The summed E-state index contributed by atoms with van der Waals surface area (Å²) >= 11 is 0. The van der Waals surface area contributed by atoms with Crippen LogP contribution in [0.15, 0.2) is 40.8 Å². The van der Waals surface area contributed by atoms with E-state index in [1.54, 1.807) is 18.2 Å². The van der Waals surface area contributed by atoms with Crippen molar-refractivity contribution < 1.29 is 9.21 Å². The molecule has 3 rings (SSSR count). The number of nitrogens with two attached hydrogens (primary N) is 1. The molecular weight excluding hydrogens is 338 g/mol. The summed E-state index contributed by atoms with van der Waals surface area (Å²) in [5, 5.41) is 2.89. The molecule has 0 bridgehead atoms. The molecule has 1 heterocycles. The van der Waals surface area contributed by atoms with Crippen LogP contribution in [-0.2, 0) is 5.41 Å². The highest BCUT2D eigenvalue weighted by Crippen LogP contribution is 2.27. The first-order valence-electron chi connectivity index (χ1n) is 7.82. The molecule has 1 aromatic heterocycles. The van der Waals surface area contributed by atoms with Crippen LogP contribution in [0.1, 0.15) is 42.6 Å². The van der Waals surface area contributed by atoms with Gasteiger partial charge >= 0.3 is 0 Å². The normalized spacial score (nSPS) is 11.2. The molecule has 0 atom stereocenters. The van der Waals surface area contributed by atoms with Gasteiger partial charge in [-0.05, 0) is 42.8 Å². The second-order valence-corrected chi connectivity index (χ2v) is 6.98. The standard InChI is InChI=1S/C19H21N3O2.ClH/c1-11-5-6-12(20)9-14(11)17(23)21-13-7-8-16-15(10-13)22-18(24-16)19(2,3)4;/h5-10H,20H2,1-4H3,(H,21,23);1H. The number of nitrogens with zero attached hydrogens (tertiary/aromatic N) is 1. The average molecular weight is 360 g/mol. The van der Waals surface area contributed by atoms with E-state index in [1.807, 2.05) is 45.9 Å². The molecule has 0 saturated carbocycles. The highest BCUT2D eigenvalue weighted by molar-refractivity contribution is 6.06. The molecule has 6 heteroatoms. The number of anilines is 2. The second kappa shape index (κ2) is 6.76. The molecule has 25 heavy (non-hydrogen) atoms. The van der Waals surface area contributed by atoms with E-state index < -0.39 is 0 Å². The van der Waals surface area contributed by atoms with E-state index in [4.69, 9.17) is 10.2 Å². The van der Waals surface area contributed by atoms with Gasteiger partial charge < -0.3 is 15.5 Å². The van der Waals surface area contributed by atoms with E-state index in [1.165, 1.54) is 0 Å². The van der Waals surface area contributed by atoms with E-state index in [0.29, 0.717) is 28.4 Å². The van der Waals surface area contributed by atoms with Gasteiger partial charge in [0.2, 0.25) is 5.89 Å². The quantitative estimate of drug-likeness (QED) is 0.650. The zero-order chi connectivity index (χ0) is 17.5. The third-order valence-corrected chi connectivity index (χ3v) is 3.79. The van der Waals surface area contributed by atoms with Crippen LogP contribution in [0.2, 0.25) is 0 Å². The Labute approximate surface area is 153 Å². The van der Waals surface area contributed by atoms with Gasteiger partial charge in [-0.25, -0.2) is 4.98 Å². The van der Waals surface area contributed by atoms with Gasteiger partial charge in [0.15, 0.2) is 5.58 Å². The van der Waals surface area contributed by atoms with Crippen molar-refractivity contribution in [2.45, 2.75) is 33.1 Å². The van der Waals surface area contributed by atoms with Crippen LogP contribution in [-0.4, -0.2) is 10.9 Å². The first kappa shape index (κ1) is 18.8. The van der Waals surface area contributed by atoms with Crippen molar-refractivity contribution in [2.75, 3.05) is 11.1 Å². The van der Waals surface area contributed by atoms with Crippen molar-refractivity contribution in [2.24, 2.45) is 0 Å². The van der Waals surface area contributed by atoms with Gasteiger partial charge in [-0.3, -0.25) is 4.79 Å². The molecule has 0 fully saturated rings. The van der Waals surface area contributed by atoms with Gasteiger partial charge in [0.1, 0.15) is 5.52 Å². The third-order valence-electron chi connectivity index (χ3n) is 3.79. The summed E-state index contributed by atoms with van der Waals surface area (Å²) in [7, 11) is 0. The van der Waals surface area contributed by atoms with Crippen molar-refractivity contribution in [1.82, 2.24) is 4.98 Å². The minimum Gasteiger partial charge on any atom is -0.440 e. The largest absolute Gasteiger partial charge is 0.440 e. The van der Waals surface area contributed by atoms with Crippen LogP contribution in [0.25, 0.3) is 11.1 Å². The number of carbonyl (C=O) groups excluding carboxylic acids is 1. The number of fused-ring (bicyclic) bond motifs is 1. The molecule has 5 nitrogen and oxygen atoms in total. The van der Waals surface area contributed by atoms with E-state index in [-0.39, 0.29) is 23.7 Å². The van der Waals surface area contributed by atoms with Crippen LogP contribution in [0.4, 0.5) is 11.4 Å². The molecular formula is C19H22ClN3O2. The van der Waals surface area contributed by atoms with E-state index >= 15 is 0 Å². The lowest BCUT2D eigenvalue weighted by Gasteiger charge is -2.11. The van der Waals surface area contributed by atoms with Crippen molar-refractivity contribution in [3.8, 4) is 0 Å². The maximum Gasteiger partial charge on any atom is 0.256 e. The summed E-state index contributed by atoms with van der Waals surface area (Å²) in [6, 6.07) is 10.7. The number of nitrogens with one attached hydrogen (secondary N) is 1. The number of aromatic nitrogens is 1. The molecule has 0 aliphatic rings. The maximum atomic E-state index is 12.5. The SMILES string of the molecule is Cc1ccc(N)cc1C(=O)Nc1ccc2oc(C(C)(C)C)nc2c1.Cl. The van der Waals surface area contributed by atoms with Gasteiger partial charge in [0.05, 0.1) is 0 Å². The summed E-state index contributed by atoms with van der Waals surface area (Å²) in [5.41, 5.74) is 9.71. The molecule has 132 valence electrons. The van der Waals surface area contributed by atoms with E-state index in [2.05, 4.69) is 10.3 Å². The minimum atomic E-state index is -0.196. The van der Waals surface area contributed by atoms with Crippen LogP contribution >= 0.6 is 12.4 Å². The number of halogens is 1. The highest BCUT2D eigenvalue weighted by atomic mass is 35.5. The molecule has 0 aliphatic carbocycles. The highest BCUT2D eigenvalue weighted by Gasteiger charge is 2.21. The number of hydrogen-bond acceptors (Lipinski definition) is 4. The van der Waals surface area contributed by atoms with Gasteiger partial charge in [-0.2, -0.15) is 0 Å². The van der Waals surface area contributed by atoms with Crippen molar-refractivity contribution >= 4 is 40.8 Å². The predicted molar refractivity (Wildman–Crippen MR) is 104 cm³/mol. The first-order valence-corrected chi connectivity index (χ1v) is 7.82. The van der Waals surface area contributed by atoms with Crippen molar-refractivity contribution in [3.05, 3.63) is 53.4 Å². The number of amides is 1. The Hall–Kier alpha value is -2.53. The lowest BCUT2D eigenvalue weighted by Crippen LogP contribution is -2.13. The fourth-order valence-corrected chi connectivity index (χ4v) is 2.41. The molecule has 0 saturated heterocycles. The number of nitrogen functional groups attached to an aromatic ring is 1. The maximum absolute atomic E-state index is 12.5. The zero-order valence-corrected chi connectivity index (χ0v) is 15.5. The number of oxazole rings is 1. The van der Waals surface area contributed by atoms with Crippen molar-refractivity contribution in [3.63, 3.8) is 0 Å². The van der Waals surface area contributed by atoms with Gasteiger partial charge in [0.25, 0.3) is 5.91 Å². The smallest absolute Gasteiger partial charge is 0.256 e. The Morgan fingerprint density at radius 3 is 2.56 bits per heavy atom. The number of rotatable bonds is 2. The van der Waals surface area contributed by atoms with Crippen LogP contribution in [0, 0.1) is 6.92 Å². The van der Waals surface area contributed by atoms with Gasteiger partial charge in [-0.1, -0.05) is 26.8 Å². The Balaban J connectivity index is 0.00000225. The Bertz CT molecular complexity index is 926. The third kappa shape index (κ3) is 3.94. The first-order chi connectivity index (χ1) is 11.2. The summed E-state index contributed by atoms with van der Waals surface area (Å²) in [6.07, 6.45) is 0. The molecule has 2 aromatic carbocycles. The Kier molecular flexibility index (Phi) is 5.09. The molecule has 1 amide bonds. The minimum absolute atomic E-state index is 0. The molecule has 3 aromatic rings. The number of aryl methyl sites for hydroxylation is 1. The Morgan fingerprint density at radius 2 is 1.88 bits per heavy atom. The number of benzene rings is 2. The molecule has 0 spiro atoms. The summed E-state index contributed by atoms with van der Waals surface area (Å²) < 4.78 is 5.77. The molecule has 0 unspecified atom stereocenters. The van der Waals surface area contributed by atoms with Crippen LogP contribution in [0.5, 0.6) is 0 Å². The number of hydrogen-bond donors (Lipinski definition) is 2. The van der Waals surface area contributed by atoms with Crippen molar-refractivity contribution in [1.29, 1.82) is 0 Å². The predicted octanol–water partition coefficient (Wildman–Crippen LogP) is 4.69. The zero-order valence-electron chi connectivity index (χ0n) is 14.7. The topological polar surface area (TPSA) is 81.2 Å². The van der Waals surface area contributed by atoms with Crippen LogP contribution < -0.4 is 11.1 Å². The van der Waals surface area contributed by atoms with Gasteiger partial charge in [0, 0.05) is 22.4 Å². The molecule has 0 aliphatic heterocycles. The monoisotopic (exact) mass is 359 g/mol. The second-order valence-electron chi connectivity index (χ2n) is 6.98. The fourth-order valence-electron chi connectivity index (χ4n) is 2.41. The van der Waals surface area contributed by atoms with Gasteiger partial charge in [-0.15, -0.1) is 12.4 Å². The lowest BCUT2D eigenvalue weighted by molar-refractivity contribution is 0.102. The molecule has 0 radical (unpaired) electrons. The van der Waals surface area contributed by atoms with Crippen LogP contribution in [0.3, 0.4) is 0 Å². The number of carbonyl (C=O) groups is 1. The summed E-state index contributed by atoms with van der Waals surface area (Å²) in [5.74, 6) is 0.478. The summed E-state index contributed by atoms with van der Waals surface area (Å²) in [4.78, 5) is 17.0. The summed E-state index contributed by atoms with van der Waals surface area (Å²) in [6.45, 7) is 8.01. The fraction of sp³-hybridized carbons (Fsp3) is 0.263. The average Bonchev–Trinajstić information content (AvgIpc) is 2.93. The molecule has 3 N–H and O–H groups in total.